The highest BCUT2D eigenvalue weighted by atomic mass is 16.5. The maximum absolute atomic E-state index is 5.89. The van der Waals surface area contributed by atoms with E-state index in [2.05, 4.69) is 41.2 Å². The van der Waals surface area contributed by atoms with Crippen LogP contribution >= 0.6 is 0 Å². The van der Waals surface area contributed by atoms with Crippen LogP contribution in [-0.2, 0) is 0 Å². The Morgan fingerprint density at radius 2 is 1.84 bits per heavy atom. The highest BCUT2D eigenvalue weighted by Gasteiger charge is 2.23. The van der Waals surface area contributed by atoms with E-state index in [1.807, 2.05) is 36.5 Å². The van der Waals surface area contributed by atoms with Crippen molar-refractivity contribution in [3.8, 4) is 28.7 Å². The number of aromatic nitrogens is 2. The van der Waals surface area contributed by atoms with Crippen LogP contribution in [0.2, 0.25) is 0 Å². The Kier molecular flexibility index (Phi) is 3.84. The molecule has 1 aromatic heterocycles. The summed E-state index contributed by atoms with van der Waals surface area (Å²) in [5, 5.41) is 8.38. The zero-order valence-electron chi connectivity index (χ0n) is 14.4. The molecule has 3 aromatic rings. The Bertz CT molecular complexity index is 944. The van der Waals surface area contributed by atoms with E-state index >= 15 is 0 Å². The number of para-hydroxylation sites is 1. The molecule has 0 saturated heterocycles. The fourth-order valence-electron chi connectivity index (χ4n) is 3.13. The summed E-state index contributed by atoms with van der Waals surface area (Å²) in [5.41, 5.74) is 4.05. The third kappa shape index (κ3) is 2.71. The van der Waals surface area contributed by atoms with Gasteiger partial charge < -0.3 is 9.15 Å². The molecule has 0 amide bonds. The summed E-state index contributed by atoms with van der Waals surface area (Å²) in [6, 6.07) is 14.0. The van der Waals surface area contributed by atoms with Gasteiger partial charge in [-0.3, -0.25) is 4.99 Å². The molecule has 1 unspecified atom stereocenters. The van der Waals surface area contributed by atoms with Gasteiger partial charge in [-0.05, 0) is 41.3 Å². The molecule has 5 heteroatoms. The number of benzene rings is 2. The summed E-state index contributed by atoms with van der Waals surface area (Å²) in [6.07, 6.45) is 1.93. The zero-order chi connectivity index (χ0) is 17.4. The van der Waals surface area contributed by atoms with E-state index in [-0.39, 0.29) is 6.04 Å². The first-order valence-corrected chi connectivity index (χ1v) is 8.32. The Morgan fingerprint density at radius 3 is 2.64 bits per heavy atom. The summed E-state index contributed by atoms with van der Waals surface area (Å²) < 4.78 is 11.2. The van der Waals surface area contributed by atoms with Crippen LogP contribution in [0, 0.1) is 5.92 Å². The van der Waals surface area contributed by atoms with E-state index in [9.17, 15) is 0 Å². The molecule has 4 rings (SSSR count). The van der Waals surface area contributed by atoms with Crippen molar-refractivity contribution in [1.82, 2.24) is 10.2 Å². The Hall–Kier alpha value is -2.95. The van der Waals surface area contributed by atoms with Gasteiger partial charge in [-0.2, -0.15) is 0 Å². The van der Waals surface area contributed by atoms with E-state index in [1.165, 1.54) is 5.56 Å². The topological polar surface area (TPSA) is 60.5 Å². The van der Waals surface area contributed by atoms with Crippen molar-refractivity contribution in [1.29, 1.82) is 0 Å². The molecule has 0 radical (unpaired) electrons. The summed E-state index contributed by atoms with van der Waals surface area (Å²) >= 11 is 0. The molecule has 0 N–H and O–H groups in total. The van der Waals surface area contributed by atoms with Gasteiger partial charge in [-0.25, -0.2) is 0 Å². The highest BCUT2D eigenvalue weighted by Crippen LogP contribution is 2.35. The normalized spacial score (nSPS) is 15.6. The summed E-state index contributed by atoms with van der Waals surface area (Å²) in [4.78, 5) is 4.61. The minimum Gasteiger partial charge on any atom is -0.496 e. The van der Waals surface area contributed by atoms with Crippen LogP contribution in [0.25, 0.3) is 22.9 Å². The maximum Gasteiger partial charge on any atom is 0.251 e. The van der Waals surface area contributed by atoms with E-state index < -0.39 is 0 Å². The van der Waals surface area contributed by atoms with Gasteiger partial charge in [-0.15, -0.1) is 10.2 Å². The molecule has 2 aromatic carbocycles. The van der Waals surface area contributed by atoms with Crippen molar-refractivity contribution in [2.24, 2.45) is 10.9 Å². The molecule has 1 aliphatic heterocycles. The van der Waals surface area contributed by atoms with Gasteiger partial charge in [0.25, 0.3) is 5.89 Å². The Balaban J connectivity index is 1.69. The van der Waals surface area contributed by atoms with Crippen molar-refractivity contribution < 1.29 is 9.15 Å². The van der Waals surface area contributed by atoms with Crippen molar-refractivity contribution in [3.05, 3.63) is 53.6 Å². The van der Waals surface area contributed by atoms with E-state index in [0.717, 1.165) is 16.7 Å². The van der Waals surface area contributed by atoms with Crippen LogP contribution in [0.15, 0.2) is 51.9 Å². The number of fused-ring (bicyclic) bond motifs is 1. The number of hydrogen-bond acceptors (Lipinski definition) is 5. The molecular formula is C20H19N3O2. The number of rotatable bonds is 4. The molecule has 0 spiro atoms. The molecule has 0 saturated carbocycles. The van der Waals surface area contributed by atoms with Crippen LogP contribution in [0.4, 0.5) is 0 Å². The minimum atomic E-state index is 0.232. The van der Waals surface area contributed by atoms with Gasteiger partial charge in [-0.1, -0.05) is 32.0 Å². The molecule has 5 nitrogen and oxygen atoms in total. The maximum atomic E-state index is 5.89. The number of ether oxygens (including phenoxy) is 1. The SMILES string of the molecule is COc1ccccc1-c1nnc(-c2ccc3c(c2)C=NC3C(C)C)o1. The molecular weight excluding hydrogens is 314 g/mol. The first-order chi connectivity index (χ1) is 12.2. The second-order valence-corrected chi connectivity index (χ2v) is 6.42. The van der Waals surface area contributed by atoms with Gasteiger partial charge in [0.05, 0.1) is 18.7 Å². The van der Waals surface area contributed by atoms with Crippen molar-refractivity contribution >= 4 is 6.21 Å². The fourth-order valence-corrected chi connectivity index (χ4v) is 3.13. The first kappa shape index (κ1) is 15.6. The van der Waals surface area contributed by atoms with Crippen LogP contribution in [0.3, 0.4) is 0 Å². The molecule has 0 aliphatic carbocycles. The number of nitrogens with zero attached hydrogens (tertiary/aromatic N) is 3. The minimum absolute atomic E-state index is 0.232. The van der Waals surface area contributed by atoms with Crippen LogP contribution in [0.1, 0.15) is 31.0 Å². The molecule has 1 aliphatic rings. The number of methoxy groups -OCH3 is 1. The summed E-state index contributed by atoms with van der Waals surface area (Å²) in [7, 11) is 1.63. The molecule has 25 heavy (non-hydrogen) atoms. The van der Waals surface area contributed by atoms with Crippen molar-refractivity contribution in [2.75, 3.05) is 7.11 Å². The summed E-state index contributed by atoms with van der Waals surface area (Å²) in [5.74, 6) is 2.12. The second-order valence-electron chi connectivity index (χ2n) is 6.42. The number of aliphatic imine (C=N–C) groups is 1. The fraction of sp³-hybridized carbons (Fsp3) is 0.250. The van der Waals surface area contributed by atoms with E-state index in [4.69, 9.17) is 9.15 Å². The molecule has 2 heterocycles. The molecule has 1 atom stereocenters. The van der Waals surface area contributed by atoms with E-state index in [1.54, 1.807) is 7.11 Å². The lowest BCUT2D eigenvalue weighted by molar-refractivity contribution is 0.414. The molecule has 126 valence electrons. The second kappa shape index (κ2) is 6.16. The first-order valence-electron chi connectivity index (χ1n) is 8.32. The van der Waals surface area contributed by atoms with Gasteiger partial charge in [0.1, 0.15) is 5.75 Å². The summed E-state index contributed by atoms with van der Waals surface area (Å²) in [6.45, 7) is 4.37. The lowest BCUT2D eigenvalue weighted by Crippen LogP contribution is -2.01. The quantitative estimate of drug-likeness (QED) is 0.703. The lowest BCUT2D eigenvalue weighted by Gasteiger charge is -2.13. The molecule has 0 fully saturated rings. The third-order valence-electron chi connectivity index (χ3n) is 4.42. The van der Waals surface area contributed by atoms with Crippen molar-refractivity contribution in [2.45, 2.75) is 19.9 Å². The van der Waals surface area contributed by atoms with Gasteiger partial charge in [0.2, 0.25) is 5.89 Å². The Morgan fingerprint density at radius 1 is 1.04 bits per heavy atom. The molecule has 0 bridgehead atoms. The monoisotopic (exact) mass is 333 g/mol. The van der Waals surface area contributed by atoms with Crippen LogP contribution in [0.5, 0.6) is 5.75 Å². The van der Waals surface area contributed by atoms with Gasteiger partial charge in [0, 0.05) is 11.8 Å². The zero-order valence-corrected chi connectivity index (χ0v) is 14.4. The van der Waals surface area contributed by atoms with Crippen LogP contribution < -0.4 is 4.74 Å². The van der Waals surface area contributed by atoms with Crippen molar-refractivity contribution in [3.63, 3.8) is 0 Å². The Labute approximate surface area is 146 Å². The largest absolute Gasteiger partial charge is 0.496 e. The third-order valence-corrected chi connectivity index (χ3v) is 4.42. The average Bonchev–Trinajstić information content (AvgIpc) is 3.28. The number of hydrogen-bond donors (Lipinski definition) is 0. The predicted molar refractivity (Wildman–Crippen MR) is 96.9 cm³/mol. The predicted octanol–water partition coefficient (Wildman–Crippen LogP) is 4.54. The van der Waals surface area contributed by atoms with Gasteiger partial charge >= 0.3 is 0 Å². The van der Waals surface area contributed by atoms with Gasteiger partial charge in [0.15, 0.2) is 0 Å². The average molecular weight is 333 g/mol. The van der Waals surface area contributed by atoms with Crippen LogP contribution in [-0.4, -0.2) is 23.5 Å². The standard InChI is InChI=1S/C20H19N3O2/c1-12(2)18-15-9-8-13(10-14(15)11-21-18)19-22-23-20(25-19)16-6-4-5-7-17(16)24-3/h4-12,18H,1-3H3. The highest BCUT2D eigenvalue weighted by molar-refractivity contribution is 5.87. The smallest absolute Gasteiger partial charge is 0.251 e. The van der Waals surface area contributed by atoms with E-state index in [0.29, 0.717) is 23.4 Å². The lowest BCUT2D eigenvalue weighted by atomic mass is 9.94.